The number of hydrogen-bond donors (Lipinski definition) is 1. The molecule has 1 N–H and O–H groups in total. The minimum Gasteiger partial charge on any atom is -0.455 e. The first kappa shape index (κ1) is 19.2. The van der Waals surface area contributed by atoms with Crippen LogP contribution in [0, 0.1) is 0 Å². The van der Waals surface area contributed by atoms with Gasteiger partial charge in [-0.1, -0.05) is 30.3 Å². The van der Waals surface area contributed by atoms with Gasteiger partial charge in [-0.3, -0.25) is 14.3 Å². The van der Waals surface area contributed by atoms with Crippen molar-refractivity contribution in [3.8, 4) is 11.5 Å². The molecule has 144 valence electrons. The van der Waals surface area contributed by atoms with Gasteiger partial charge in [0.15, 0.2) is 5.75 Å². The topological polar surface area (TPSA) is 76.5 Å². The highest BCUT2D eigenvalue weighted by atomic mass is 16.5. The van der Waals surface area contributed by atoms with Crippen molar-refractivity contribution in [2.24, 2.45) is 0 Å². The van der Waals surface area contributed by atoms with Gasteiger partial charge in [-0.2, -0.15) is 5.10 Å². The molecule has 0 spiro atoms. The number of rotatable bonds is 7. The van der Waals surface area contributed by atoms with E-state index in [0.29, 0.717) is 17.2 Å². The first-order valence-corrected chi connectivity index (χ1v) is 8.90. The van der Waals surface area contributed by atoms with Crippen molar-refractivity contribution in [2.45, 2.75) is 13.0 Å². The summed E-state index contributed by atoms with van der Waals surface area (Å²) in [4.78, 5) is 26.3. The minimum atomic E-state index is -0.485. The third kappa shape index (κ3) is 4.76. The predicted octanol–water partition coefficient (Wildman–Crippen LogP) is 3.33. The van der Waals surface area contributed by atoms with Gasteiger partial charge in [0.05, 0.1) is 12.2 Å². The van der Waals surface area contributed by atoms with Crippen LogP contribution in [0.2, 0.25) is 0 Å². The van der Waals surface area contributed by atoms with Gasteiger partial charge in [-0.05, 0) is 37.3 Å². The summed E-state index contributed by atoms with van der Waals surface area (Å²) in [6, 6.07) is 17.7. The van der Waals surface area contributed by atoms with E-state index in [-0.39, 0.29) is 18.4 Å². The number of nitrogens with one attached hydrogen (secondary N) is 1. The lowest BCUT2D eigenvalue weighted by atomic mass is 10.2. The van der Waals surface area contributed by atoms with Gasteiger partial charge in [0.1, 0.15) is 11.8 Å². The van der Waals surface area contributed by atoms with Gasteiger partial charge >= 0.3 is 0 Å². The lowest BCUT2D eigenvalue weighted by molar-refractivity contribution is -0.136. The molecule has 7 nitrogen and oxygen atoms in total. The number of para-hydroxylation sites is 3. The van der Waals surface area contributed by atoms with E-state index < -0.39 is 6.04 Å². The lowest BCUT2D eigenvalue weighted by Crippen LogP contribution is -2.38. The molecule has 0 bridgehead atoms. The smallest absolute Gasteiger partial charge is 0.247 e. The maximum absolute atomic E-state index is 12.5. The van der Waals surface area contributed by atoms with E-state index in [4.69, 9.17) is 4.74 Å². The van der Waals surface area contributed by atoms with Crippen LogP contribution in [0.4, 0.5) is 5.69 Å². The highest BCUT2D eigenvalue weighted by Crippen LogP contribution is 2.29. The van der Waals surface area contributed by atoms with Gasteiger partial charge in [-0.25, -0.2) is 0 Å². The molecule has 1 heterocycles. The largest absolute Gasteiger partial charge is 0.455 e. The molecule has 0 saturated heterocycles. The van der Waals surface area contributed by atoms with E-state index in [2.05, 4.69) is 10.4 Å². The van der Waals surface area contributed by atoms with E-state index in [1.807, 2.05) is 42.5 Å². The van der Waals surface area contributed by atoms with Gasteiger partial charge in [0, 0.05) is 19.4 Å². The molecule has 0 aliphatic heterocycles. The molecule has 2 amide bonds. The molecule has 1 unspecified atom stereocenters. The Balaban J connectivity index is 1.62. The summed E-state index contributed by atoms with van der Waals surface area (Å²) in [5.41, 5.74) is 0.539. The third-order valence-corrected chi connectivity index (χ3v) is 4.17. The predicted molar refractivity (Wildman–Crippen MR) is 106 cm³/mol. The molecule has 1 atom stereocenters. The summed E-state index contributed by atoms with van der Waals surface area (Å²) in [6.45, 7) is 1.66. The zero-order valence-corrected chi connectivity index (χ0v) is 15.8. The Morgan fingerprint density at radius 1 is 1.11 bits per heavy atom. The Morgan fingerprint density at radius 2 is 1.82 bits per heavy atom. The van der Waals surface area contributed by atoms with Gasteiger partial charge in [0.25, 0.3) is 0 Å². The van der Waals surface area contributed by atoms with Crippen LogP contribution in [0.25, 0.3) is 0 Å². The van der Waals surface area contributed by atoms with E-state index in [1.165, 1.54) is 4.90 Å². The van der Waals surface area contributed by atoms with Gasteiger partial charge in [-0.15, -0.1) is 0 Å². The average Bonchev–Trinajstić information content (AvgIpc) is 3.24. The Kier molecular flexibility index (Phi) is 6.06. The Hall–Kier alpha value is -3.61. The van der Waals surface area contributed by atoms with Crippen LogP contribution in [-0.4, -0.2) is 40.1 Å². The molecule has 0 radical (unpaired) electrons. The monoisotopic (exact) mass is 378 g/mol. The molecule has 3 rings (SSSR count). The van der Waals surface area contributed by atoms with E-state index in [9.17, 15) is 9.59 Å². The Bertz CT molecular complexity index is 926. The maximum Gasteiger partial charge on any atom is 0.247 e. The highest BCUT2D eigenvalue weighted by molar-refractivity contribution is 5.96. The number of anilines is 1. The molecule has 2 aromatic carbocycles. The second-order valence-corrected chi connectivity index (χ2v) is 6.32. The zero-order chi connectivity index (χ0) is 19.9. The van der Waals surface area contributed by atoms with Crippen molar-refractivity contribution >= 4 is 17.5 Å². The van der Waals surface area contributed by atoms with Crippen molar-refractivity contribution in [1.82, 2.24) is 14.7 Å². The summed E-state index contributed by atoms with van der Waals surface area (Å²) in [5.74, 6) is 0.686. The number of nitrogens with zero attached hydrogens (tertiary/aromatic N) is 3. The van der Waals surface area contributed by atoms with Gasteiger partial charge in [0.2, 0.25) is 11.8 Å². The number of ether oxygens (including phenoxy) is 1. The van der Waals surface area contributed by atoms with Crippen molar-refractivity contribution in [3.63, 3.8) is 0 Å². The van der Waals surface area contributed by atoms with Crippen LogP contribution < -0.4 is 10.1 Å². The molecular formula is C21H22N4O3. The second-order valence-electron chi connectivity index (χ2n) is 6.32. The van der Waals surface area contributed by atoms with Crippen molar-refractivity contribution < 1.29 is 14.3 Å². The molecule has 28 heavy (non-hydrogen) atoms. The number of hydrogen-bond acceptors (Lipinski definition) is 4. The number of carbonyl (C=O) groups is 2. The first-order chi connectivity index (χ1) is 13.5. The van der Waals surface area contributed by atoms with Crippen LogP contribution in [0.1, 0.15) is 13.0 Å². The summed E-state index contributed by atoms with van der Waals surface area (Å²) in [6.07, 6.45) is 3.33. The third-order valence-electron chi connectivity index (χ3n) is 4.17. The van der Waals surface area contributed by atoms with E-state index >= 15 is 0 Å². The molecule has 3 aromatic rings. The maximum atomic E-state index is 12.5. The molecular weight excluding hydrogens is 356 g/mol. The number of amides is 2. The number of carbonyl (C=O) groups excluding carboxylic acids is 2. The molecule has 1 aromatic heterocycles. The van der Waals surface area contributed by atoms with Crippen LogP contribution in [0.15, 0.2) is 73.1 Å². The molecule has 0 aliphatic carbocycles. The van der Waals surface area contributed by atoms with Crippen LogP contribution >= 0.6 is 0 Å². The van der Waals surface area contributed by atoms with Crippen LogP contribution in [0.5, 0.6) is 11.5 Å². The molecule has 0 fully saturated rings. The minimum absolute atomic E-state index is 0.0793. The normalized spacial score (nSPS) is 11.5. The Morgan fingerprint density at radius 3 is 2.54 bits per heavy atom. The number of aromatic nitrogens is 2. The first-order valence-electron chi connectivity index (χ1n) is 8.90. The Labute approximate surface area is 163 Å². The fraction of sp³-hybridized carbons (Fsp3) is 0.190. The number of likely N-dealkylation sites (N-methyl/N-ethyl adjacent to an activating group) is 1. The van der Waals surface area contributed by atoms with Crippen molar-refractivity contribution in [3.05, 3.63) is 73.1 Å². The van der Waals surface area contributed by atoms with Crippen LogP contribution in [0.3, 0.4) is 0 Å². The summed E-state index contributed by atoms with van der Waals surface area (Å²) >= 11 is 0. The van der Waals surface area contributed by atoms with E-state index in [1.54, 1.807) is 49.2 Å². The summed E-state index contributed by atoms with van der Waals surface area (Å²) in [7, 11) is 1.59. The SMILES string of the molecule is CC(C(=O)N(C)CC(=O)Nc1ccccc1Oc1ccccc1)n1cccn1. The fourth-order valence-corrected chi connectivity index (χ4v) is 2.70. The average molecular weight is 378 g/mol. The summed E-state index contributed by atoms with van der Waals surface area (Å²) < 4.78 is 7.40. The quantitative estimate of drug-likeness (QED) is 0.684. The van der Waals surface area contributed by atoms with Gasteiger partial charge < -0.3 is 15.0 Å². The number of benzene rings is 2. The zero-order valence-electron chi connectivity index (χ0n) is 15.8. The standard InChI is InChI=1S/C21H22N4O3/c1-16(25-14-8-13-22-25)21(27)24(2)15-20(26)23-18-11-6-7-12-19(18)28-17-9-4-3-5-10-17/h3-14,16H,15H2,1-2H3,(H,23,26). The fourth-order valence-electron chi connectivity index (χ4n) is 2.70. The molecule has 7 heteroatoms. The van der Waals surface area contributed by atoms with Crippen molar-refractivity contribution in [2.75, 3.05) is 18.9 Å². The lowest BCUT2D eigenvalue weighted by Gasteiger charge is -2.21. The second kappa shape index (κ2) is 8.85. The van der Waals surface area contributed by atoms with Crippen molar-refractivity contribution in [1.29, 1.82) is 0 Å². The van der Waals surface area contributed by atoms with E-state index in [0.717, 1.165) is 0 Å². The highest BCUT2D eigenvalue weighted by Gasteiger charge is 2.21. The molecule has 0 aliphatic rings. The molecule has 0 saturated carbocycles. The summed E-state index contributed by atoms with van der Waals surface area (Å²) in [5, 5.41) is 6.88. The van der Waals surface area contributed by atoms with Crippen LogP contribution in [-0.2, 0) is 9.59 Å².